The minimum Gasteiger partial charge on any atom is -0.456 e. The molecule has 0 fully saturated rings. The average molecular weight is 258 g/mol. The number of non-ortho nitro benzene ring substituents is 1. The van der Waals surface area contributed by atoms with Crippen molar-refractivity contribution in [3.05, 3.63) is 68.1 Å². The van der Waals surface area contributed by atoms with Gasteiger partial charge < -0.3 is 4.42 Å². The topological polar surface area (TPSA) is 99.4 Å². The standard InChI is InChI=1S/C12H6N2O5/c15-13(16)10-5-3-9(12(8-10)14(17)18)4-6-11-2-1-7-19-11/h1-3,5,7-8H. The maximum Gasteiger partial charge on any atom is 0.291 e. The highest BCUT2D eigenvalue weighted by Crippen LogP contribution is 2.23. The van der Waals surface area contributed by atoms with Crippen molar-refractivity contribution in [2.75, 3.05) is 0 Å². The van der Waals surface area contributed by atoms with Gasteiger partial charge in [-0.3, -0.25) is 20.2 Å². The molecule has 0 unspecified atom stereocenters. The van der Waals surface area contributed by atoms with Gasteiger partial charge in [-0.1, -0.05) is 5.92 Å². The van der Waals surface area contributed by atoms with E-state index in [1.165, 1.54) is 18.4 Å². The molecular weight excluding hydrogens is 252 g/mol. The first-order valence-corrected chi connectivity index (χ1v) is 5.06. The predicted molar refractivity (Wildman–Crippen MR) is 64.4 cm³/mol. The summed E-state index contributed by atoms with van der Waals surface area (Å²) in [6.07, 6.45) is 1.42. The molecular formula is C12H6N2O5. The molecule has 7 heteroatoms. The summed E-state index contributed by atoms with van der Waals surface area (Å²) in [6.45, 7) is 0. The molecule has 0 atom stereocenters. The molecule has 2 aromatic rings. The van der Waals surface area contributed by atoms with Gasteiger partial charge in [-0.05, 0) is 24.1 Å². The third kappa shape index (κ3) is 2.76. The zero-order valence-electron chi connectivity index (χ0n) is 9.40. The van der Waals surface area contributed by atoms with Crippen LogP contribution < -0.4 is 0 Å². The maximum atomic E-state index is 10.8. The number of rotatable bonds is 2. The van der Waals surface area contributed by atoms with Crippen molar-refractivity contribution in [2.45, 2.75) is 0 Å². The van der Waals surface area contributed by atoms with Gasteiger partial charge in [0.15, 0.2) is 5.76 Å². The number of nitro groups is 2. The van der Waals surface area contributed by atoms with E-state index in [1.54, 1.807) is 12.1 Å². The zero-order valence-corrected chi connectivity index (χ0v) is 9.40. The maximum absolute atomic E-state index is 10.8. The fraction of sp³-hybridized carbons (Fsp3) is 0. The van der Waals surface area contributed by atoms with Crippen LogP contribution in [0.2, 0.25) is 0 Å². The summed E-state index contributed by atoms with van der Waals surface area (Å²) in [6, 6.07) is 6.52. The first kappa shape index (κ1) is 12.3. The van der Waals surface area contributed by atoms with Crippen LogP contribution in [0.1, 0.15) is 11.3 Å². The second-order valence-corrected chi connectivity index (χ2v) is 3.44. The van der Waals surface area contributed by atoms with Crippen LogP contribution in [0.3, 0.4) is 0 Å². The number of hydrogen-bond acceptors (Lipinski definition) is 5. The van der Waals surface area contributed by atoms with Crippen LogP contribution in [0.15, 0.2) is 41.0 Å². The van der Waals surface area contributed by atoms with E-state index in [1.807, 2.05) is 0 Å². The molecule has 1 heterocycles. The Kier molecular flexibility index (Phi) is 3.25. The van der Waals surface area contributed by atoms with Crippen molar-refractivity contribution in [1.29, 1.82) is 0 Å². The normalized spacial score (nSPS) is 9.47. The van der Waals surface area contributed by atoms with Gasteiger partial charge in [-0.15, -0.1) is 0 Å². The van der Waals surface area contributed by atoms with Gasteiger partial charge in [-0.25, -0.2) is 0 Å². The van der Waals surface area contributed by atoms with E-state index in [-0.39, 0.29) is 11.3 Å². The summed E-state index contributed by atoms with van der Waals surface area (Å²) in [4.78, 5) is 20.0. The van der Waals surface area contributed by atoms with Crippen LogP contribution in [-0.2, 0) is 0 Å². The van der Waals surface area contributed by atoms with E-state index in [9.17, 15) is 20.2 Å². The highest BCUT2D eigenvalue weighted by Gasteiger charge is 2.18. The monoisotopic (exact) mass is 258 g/mol. The summed E-state index contributed by atoms with van der Waals surface area (Å²) >= 11 is 0. The molecule has 0 aliphatic rings. The Bertz CT molecular complexity index is 695. The highest BCUT2D eigenvalue weighted by molar-refractivity contribution is 5.57. The predicted octanol–water partition coefficient (Wildman–Crippen LogP) is 2.50. The molecule has 0 radical (unpaired) electrons. The molecule has 0 amide bonds. The molecule has 1 aromatic carbocycles. The zero-order chi connectivity index (χ0) is 13.8. The second kappa shape index (κ2) is 5.01. The number of nitrogens with zero attached hydrogens (tertiary/aromatic N) is 2. The lowest BCUT2D eigenvalue weighted by Crippen LogP contribution is -1.95. The summed E-state index contributed by atoms with van der Waals surface area (Å²) in [5.74, 6) is 5.50. The van der Waals surface area contributed by atoms with Gasteiger partial charge in [0.05, 0.1) is 22.2 Å². The molecule has 0 bridgehead atoms. The van der Waals surface area contributed by atoms with Gasteiger partial charge in [0, 0.05) is 6.07 Å². The number of furan rings is 1. The SMILES string of the molecule is O=[N+]([O-])c1ccc(C#Cc2ccco2)c([N+](=O)[O-])c1. The van der Waals surface area contributed by atoms with E-state index < -0.39 is 15.5 Å². The van der Waals surface area contributed by atoms with Crippen LogP contribution in [0.25, 0.3) is 0 Å². The summed E-state index contributed by atoms with van der Waals surface area (Å²) in [7, 11) is 0. The van der Waals surface area contributed by atoms with Crippen molar-refractivity contribution >= 4 is 11.4 Å². The number of benzene rings is 1. The first-order chi connectivity index (χ1) is 9.08. The van der Waals surface area contributed by atoms with Gasteiger partial charge in [0.2, 0.25) is 0 Å². The fourth-order valence-corrected chi connectivity index (χ4v) is 1.37. The molecule has 0 N–H and O–H groups in total. The minimum absolute atomic E-state index is 0.0898. The van der Waals surface area contributed by atoms with Crippen LogP contribution in [0.4, 0.5) is 11.4 Å². The van der Waals surface area contributed by atoms with Crippen LogP contribution in [0, 0.1) is 32.1 Å². The van der Waals surface area contributed by atoms with E-state index in [4.69, 9.17) is 4.42 Å². The van der Waals surface area contributed by atoms with Gasteiger partial charge in [0.1, 0.15) is 5.56 Å². The van der Waals surface area contributed by atoms with Gasteiger partial charge in [-0.2, -0.15) is 0 Å². The van der Waals surface area contributed by atoms with Crippen LogP contribution in [-0.4, -0.2) is 9.85 Å². The highest BCUT2D eigenvalue weighted by atomic mass is 16.6. The summed E-state index contributed by atoms with van der Waals surface area (Å²) in [5.41, 5.74) is -0.671. The molecule has 94 valence electrons. The Morgan fingerprint density at radius 1 is 1.05 bits per heavy atom. The van der Waals surface area contributed by atoms with E-state index in [0.717, 1.165) is 6.07 Å². The Morgan fingerprint density at radius 2 is 1.84 bits per heavy atom. The van der Waals surface area contributed by atoms with E-state index in [0.29, 0.717) is 5.76 Å². The molecule has 0 spiro atoms. The van der Waals surface area contributed by atoms with Crippen molar-refractivity contribution < 1.29 is 14.3 Å². The lowest BCUT2D eigenvalue weighted by molar-refractivity contribution is -0.394. The van der Waals surface area contributed by atoms with Crippen molar-refractivity contribution in [2.24, 2.45) is 0 Å². The smallest absolute Gasteiger partial charge is 0.291 e. The van der Waals surface area contributed by atoms with Crippen LogP contribution in [0.5, 0.6) is 0 Å². The van der Waals surface area contributed by atoms with Crippen molar-refractivity contribution in [3.63, 3.8) is 0 Å². The minimum atomic E-state index is -0.709. The Labute approximate surface area is 106 Å². The Hall–Kier alpha value is -3.14. The quantitative estimate of drug-likeness (QED) is 0.468. The third-order valence-corrected chi connectivity index (χ3v) is 2.23. The lowest BCUT2D eigenvalue weighted by atomic mass is 10.1. The van der Waals surface area contributed by atoms with E-state index in [2.05, 4.69) is 11.8 Å². The van der Waals surface area contributed by atoms with Crippen LogP contribution >= 0.6 is 0 Å². The molecule has 0 aliphatic heterocycles. The largest absolute Gasteiger partial charge is 0.456 e. The molecule has 19 heavy (non-hydrogen) atoms. The molecule has 1 aromatic heterocycles. The molecule has 0 saturated carbocycles. The van der Waals surface area contributed by atoms with E-state index >= 15 is 0 Å². The lowest BCUT2D eigenvalue weighted by Gasteiger charge is -1.95. The van der Waals surface area contributed by atoms with Crippen molar-refractivity contribution in [1.82, 2.24) is 0 Å². The summed E-state index contributed by atoms with van der Waals surface area (Å²) < 4.78 is 4.97. The Balaban J connectivity index is 2.45. The van der Waals surface area contributed by atoms with Gasteiger partial charge >= 0.3 is 0 Å². The van der Waals surface area contributed by atoms with Gasteiger partial charge in [0.25, 0.3) is 11.4 Å². The average Bonchev–Trinajstić information content (AvgIpc) is 2.89. The molecule has 0 aliphatic carbocycles. The Morgan fingerprint density at radius 3 is 2.42 bits per heavy atom. The second-order valence-electron chi connectivity index (χ2n) is 3.44. The first-order valence-electron chi connectivity index (χ1n) is 5.06. The summed E-state index contributed by atoms with van der Waals surface area (Å²) in [5, 5.41) is 21.4. The van der Waals surface area contributed by atoms with Crippen molar-refractivity contribution in [3.8, 4) is 11.8 Å². The third-order valence-electron chi connectivity index (χ3n) is 2.23. The number of nitro benzene ring substituents is 2. The fourth-order valence-electron chi connectivity index (χ4n) is 1.37. The number of hydrogen-bond donors (Lipinski definition) is 0. The molecule has 2 rings (SSSR count). The molecule has 7 nitrogen and oxygen atoms in total. The molecule has 0 saturated heterocycles.